The number of nitrogens with one attached hydrogen (secondary N) is 1. The van der Waals surface area contributed by atoms with Gasteiger partial charge < -0.3 is 20.1 Å². The molecule has 2 aromatic rings. The van der Waals surface area contributed by atoms with Crippen molar-refractivity contribution < 1.29 is 24.2 Å². The molecule has 7 nitrogen and oxygen atoms in total. The summed E-state index contributed by atoms with van der Waals surface area (Å²) in [5.74, 6) is -1.76. The maximum Gasteiger partial charge on any atom is 0.407 e. The van der Waals surface area contributed by atoms with E-state index >= 15 is 0 Å². The summed E-state index contributed by atoms with van der Waals surface area (Å²) < 4.78 is 5.63. The Balaban J connectivity index is 1.42. The number of nitrogens with zero attached hydrogens (tertiary/aromatic N) is 1. The zero-order valence-electron chi connectivity index (χ0n) is 19.7. The summed E-state index contributed by atoms with van der Waals surface area (Å²) in [6.45, 7) is 4.21. The molecule has 1 aliphatic heterocycles. The molecule has 2 aliphatic rings. The Bertz CT molecular complexity index is 1020. The Hall–Kier alpha value is -3.35. The molecule has 2 amide bonds. The van der Waals surface area contributed by atoms with Crippen LogP contribution in [0.2, 0.25) is 0 Å². The lowest BCUT2D eigenvalue weighted by Crippen LogP contribution is -2.55. The number of carboxylic acids is 1. The summed E-state index contributed by atoms with van der Waals surface area (Å²) >= 11 is 0. The second-order valence-corrected chi connectivity index (χ2v) is 9.26. The zero-order valence-corrected chi connectivity index (χ0v) is 19.7. The molecule has 3 atom stereocenters. The number of rotatable bonds is 7. The molecular formula is C27H32N2O5. The van der Waals surface area contributed by atoms with Gasteiger partial charge in [-0.2, -0.15) is 0 Å². The molecular weight excluding hydrogens is 432 g/mol. The highest BCUT2D eigenvalue weighted by Crippen LogP contribution is 2.44. The van der Waals surface area contributed by atoms with E-state index in [9.17, 15) is 19.5 Å². The number of amides is 2. The quantitative estimate of drug-likeness (QED) is 0.633. The van der Waals surface area contributed by atoms with Crippen LogP contribution in [-0.2, 0) is 14.3 Å². The van der Waals surface area contributed by atoms with Gasteiger partial charge in [-0.25, -0.2) is 4.79 Å². The molecule has 0 aromatic heterocycles. The fourth-order valence-corrected chi connectivity index (χ4v) is 5.14. The van der Waals surface area contributed by atoms with Crippen molar-refractivity contribution in [3.8, 4) is 11.1 Å². The number of piperidine rings is 1. The van der Waals surface area contributed by atoms with Crippen molar-refractivity contribution in [2.45, 2.75) is 57.5 Å². The number of alkyl carbamates (subject to hydrolysis) is 1. The van der Waals surface area contributed by atoms with Crippen LogP contribution in [0.1, 0.15) is 56.6 Å². The Labute approximate surface area is 200 Å². The fourth-order valence-electron chi connectivity index (χ4n) is 5.14. The Morgan fingerprint density at radius 2 is 1.68 bits per heavy atom. The normalized spacial score (nSPS) is 20.2. The third kappa shape index (κ3) is 4.79. The molecule has 0 bridgehead atoms. The molecule has 2 aromatic carbocycles. The molecule has 4 rings (SSSR count). The van der Waals surface area contributed by atoms with E-state index in [2.05, 4.69) is 29.6 Å². The molecule has 3 unspecified atom stereocenters. The average Bonchev–Trinajstić information content (AvgIpc) is 3.16. The minimum absolute atomic E-state index is 0.0584. The number of fused-ring (bicyclic) bond motifs is 3. The van der Waals surface area contributed by atoms with Gasteiger partial charge in [0.05, 0.1) is 5.92 Å². The molecule has 2 N–H and O–H groups in total. The predicted molar refractivity (Wildman–Crippen MR) is 128 cm³/mol. The van der Waals surface area contributed by atoms with Gasteiger partial charge in [-0.3, -0.25) is 9.59 Å². The van der Waals surface area contributed by atoms with Crippen molar-refractivity contribution in [1.29, 1.82) is 0 Å². The van der Waals surface area contributed by atoms with Crippen LogP contribution >= 0.6 is 0 Å². The molecule has 0 spiro atoms. The summed E-state index contributed by atoms with van der Waals surface area (Å²) in [7, 11) is 0. The van der Waals surface area contributed by atoms with E-state index < -0.39 is 24.0 Å². The van der Waals surface area contributed by atoms with Crippen molar-refractivity contribution in [2.75, 3.05) is 13.2 Å². The Kier molecular flexibility index (Phi) is 7.20. The van der Waals surface area contributed by atoms with E-state index in [1.54, 1.807) is 4.90 Å². The minimum atomic E-state index is -0.888. The number of carbonyl (C=O) groups excluding carboxylic acids is 2. The van der Waals surface area contributed by atoms with E-state index in [-0.39, 0.29) is 31.0 Å². The number of benzene rings is 2. The molecule has 1 saturated heterocycles. The highest BCUT2D eigenvalue weighted by atomic mass is 16.5. The third-order valence-electron chi connectivity index (χ3n) is 7.03. The second kappa shape index (κ2) is 10.3. The molecule has 0 saturated carbocycles. The summed E-state index contributed by atoms with van der Waals surface area (Å²) in [6.07, 6.45) is 1.72. The van der Waals surface area contributed by atoms with E-state index in [1.807, 2.05) is 38.1 Å². The first-order valence-corrected chi connectivity index (χ1v) is 12.1. The standard InChI is InChI=1S/C27H32N2O5/c1-3-8-24(25(30)29-15-18(26(31)32)14-13-17(29)2)28-27(33)34-16-23-21-11-6-4-9-19(21)20-10-5-7-12-22(20)23/h4-7,9-12,17-18,23-24H,3,8,13-16H2,1-2H3,(H,28,33)(H,31,32). The summed E-state index contributed by atoms with van der Waals surface area (Å²) in [5, 5.41) is 12.1. The number of carboxylic acid groups (broad SMARTS) is 1. The number of hydrogen-bond acceptors (Lipinski definition) is 4. The molecule has 1 fully saturated rings. The highest BCUT2D eigenvalue weighted by Gasteiger charge is 2.36. The first kappa shape index (κ1) is 23.8. The van der Waals surface area contributed by atoms with Crippen LogP contribution in [0, 0.1) is 5.92 Å². The number of hydrogen-bond donors (Lipinski definition) is 2. The molecule has 0 radical (unpaired) electrons. The van der Waals surface area contributed by atoms with Crippen LogP contribution in [0.5, 0.6) is 0 Å². The summed E-state index contributed by atoms with van der Waals surface area (Å²) in [6, 6.07) is 15.4. The van der Waals surface area contributed by atoms with E-state index in [0.717, 1.165) is 22.3 Å². The van der Waals surface area contributed by atoms with Crippen LogP contribution in [0.3, 0.4) is 0 Å². The van der Waals surface area contributed by atoms with Gasteiger partial charge in [0.1, 0.15) is 12.6 Å². The van der Waals surface area contributed by atoms with Crippen molar-refractivity contribution in [3.63, 3.8) is 0 Å². The van der Waals surface area contributed by atoms with Gasteiger partial charge in [-0.05, 0) is 48.4 Å². The van der Waals surface area contributed by atoms with Crippen molar-refractivity contribution in [2.24, 2.45) is 5.92 Å². The third-order valence-corrected chi connectivity index (χ3v) is 7.03. The van der Waals surface area contributed by atoms with Crippen molar-refractivity contribution in [3.05, 3.63) is 59.7 Å². The number of carbonyl (C=O) groups is 3. The smallest absolute Gasteiger partial charge is 0.407 e. The van der Waals surface area contributed by atoms with Gasteiger partial charge in [-0.15, -0.1) is 0 Å². The topological polar surface area (TPSA) is 95.9 Å². The first-order valence-electron chi connectivity index (χ1n) is 12.1. The first-order chi connectivity index (χ1) is 16.4. The highest BCUT2D eigenvalue weighted by molar-refractivity contribution is 5.86. The van der Waals surface area contributed by atoms with E-state index in [1.165, 1.54) is 0 Å². The summed E-state index contributed by atoms with van der Waals surface area (Å²) in [5.41, 5.74) is 4.55. The van der Waals surface area contributed by atoms with Crippen LogP contribution in [0.15, 0.2) is 48.5 Å². The molecule has 34 heavy (non-hydrogen) atoms. The van der Waals surface area contributed by atoms with Gasteiger partial charge in [-0.1, -0.05) is 61.9 Å². The van der Waals surface area contributed by atoms with Gasteiger partial charge >= 0.3 is 12.1 Å². The largest absolute Gasteiger partial charge is 0.481 e. The fraction of sp³-hybridized carbons (Fsp3) is 0.444. The van der Waals surface area contributed by atoms with Crippen LogP contribution in [0.4, 0.5) is 4.79 Å². The monoisotopic (exact) mass is 464 g/mol. The zero-order chi connectivity index (χ0) is 24.2. The Morgan fingerprint density at radius 3 is 2.26 bits per heavy atom. The van der Waals surface area contributed by atoms with Gasteiger partial charge in [0.25, 0.3) is 0 Å². The molecule has 1 aliphatic carbocycles. The number of likely N-dealkylation sites (tertiary alicyclic amines) is 1. The lowest BCUT2D eigenvalue weighted by Gasteiger charge is -2.38. The van der Waals surface area contributed by atoms with Gasteiger partial charge in [0, 0.05) is 18.5 Å². The van der Waals surface area contributed by atoms with Crippen LogP contribution in [0.25, 0.3) is 11.1 Å². The summed E-state index contributed by atoms with van der Waals surface area (Å²) in [4.78, 5) is 39.1. The van der Waals surface area contributed by atoms with Crippen molar-refractivity contribution in [1.82, 2.24) is 10.2 Å². The SMILES string of the molecule is CCCC(NC(=O)OCC1c2ccccc2-c2ccccc21)C(=O)N1CC(C(=O)O)CCC1C. The van der Waals surface area contributed by atoms with Gasteiger partial charge in [0.15, 0.2) is 0 Å². The lowest BCUT2D eigenvalue weighted by atomic mass is 9.92. The van der Waals surface area contributed by atoms with Gasteiger partial charge in [0.2, 0.25) is 5.91 Å². The van der Waals surface area contributed by atoms with Crippen LogP contribution in [-0.4, -0.2) is 53.2 Å². The molecule has 180 valence electrons. The van der Waals surface area contributed by atoms with Crippen molar-refractivity contribution >= 4 is 18.0 Å². The molecule has 7 heteroatoms. The molecule has 1 heterocycles. The minimum Gasteiger partial charge on any atom is -0.481 e. The van der Waals surface area contributed by atoms with E-state index in [0.29, 0.717) is 25.7 Å². The number of ether oxygens (including phenoxy) is 1. The average molecular weight is 465 g/mol. The maximum absolute atomic E-state index is 13.3. The predicted octanol–water partition coefficient (Wildman–Crippen LogP) is 4.41. The van der Waals surface area contributed by atoms with Crippen LogP contribution < -0.4 is 5.32 Å². The van der Waals surface area contributed by atoms with E-state index in [4.69, 9.17) is 4.74 Å². The maximum atomic E-state index is 13.3. The number of aliphatic carboxylic acids is 1. The Morgan fingerprint density at radius 1 is 1.06 bits per heavy atom. The lowest BCUT2D eigenvalue weighted by molar-refractivity contribution is -0.148. The second-order valence-electron chi connectivity index (χ2n) is 9.26.